The Morgan fingerprint density at radius 3 is 2.65 bits per heavy atom. The maximum atomic E-state index is 5.62. The molecule has 1 saturated carbocycles. The van der Waals surface area contributed by atoms with Crippen LogP contribution in [0.15, 0.2) is 0 Å². The standard InChI is InChI=1S/C16H31N3O/c1-18-7-2-8-19(10-9-18)14-16(5-11-20-12-6-16)13-17-15-3-4-15/h15,17H,2-14H2,1H3. The van der Waals surface area contributed by atoms with Gasteiger partial charge in [-0.25, -0.2) is 0 Å². The van der Waals surface area contributed by atoms with Crippen molar-refractivity contribution >= 4 is 0 Å². The van der Waals surface area contributed by atoms with E-state index in [1.165, 1.54) is 71.4 Å². The fourth-order valence-electron chi connectivity index (χ4n) is 3.58. The number of hydrogen-bond acceptors (Lipinski definition) is 4. The fourth-order valence-corrected chi connectivity index (χ4v) is 3.58. The van der Waals surface area contributed by atoms with Crippen LogP contribution in [0.5, 0.6) is 0 Å². The molecule has 4 heteroatoms. The average Bonchev–Trinajstić information content (AvgIpc) is 3.28. The maximum absolute atomic E-state index is 5.62. The van der Waals surface area contributed by atoms with Gasteiger partial charge in [-0.2, -0.15) is 0 Å². The van der Waals surface area contributed by atoms with E-state index in [0.717, 1.165) is 19.3 Å². The predicted molar refractivity (Wildman–Crippen MR) is 82.1 cm³/mol. The molecule has 0 aromatic rings. The molecule has 3 fully saturated rings. The molecule has 0 aromatic carbocycles. The van der Waals surface area contributed by atoms with Gasteiger partial charge in [-0.1, -0.05) is 0 Å². The summed E-state index contributed by atoms with van der Waals surface area (Å²) in [4.78, 5) is 5.18. The van der Waals surface area contributed by atoms with E-state index in [0.29, 0.717) is 5.41 Å². The minimum atomic E-state index is 0.462. The molecule has 0 amide bonds. The molecule has 20 heavy (non-hydrogen) atoms. The molecule has 2 aliphatic heterocycles. The summed E-state index contributed by atoms with van der Waals surface area (Å²) in [6.45, 7) is 9.38. The number of nitrogens with one attached hydrogen (secondary N) is 1. The van der Waals surface area contributed by atoms with E-state index in [1.807, 2.05) is 0 Å². The fraction of sp³-hybridized carbons (Fsp3) is 1.00. The van der Waals surface area contributed by atoms with E-state index < -0.39 is 0 Å². The summed E-state index contributed by atoms with van der Waals surface area (Å²) in [5.74, 6) is 0. The molecule has 1 N–H and O–H groups in total. The molecular formula is C16H31N3O. The Hall–Kier alpha value is -0.160. The molecule has 116 valence electrons. The number of ether oxygens (including phenoxy) is 1. The van der Waals surface area contributed by atoms with Gasteiger partial charge in [-0.15, -0.1) is 0 Å². The number of hydrogen-bond donors (Lipinski definition) is 1. The van der Waals surface area contributed by atoms with E-state index in [-0.39, 0.29) is 0 Å². The van der Waals surface area contributed by atoms with Crippen LogP contribution in [0.4, 0.5) is 0 Å². The smallest absolute Gasteiger partial charge is 0.0472 e. The largest absolute Gasteiger partial charge is 0.381 e. The van der Waals surface area contributed by atoms with Gasteiger partial charge in [0, 0.05) is 45.4 Å². The van der Waals surface area contributed by atoms with Crippen LogP contribution in [0.2, 0.25) is 0 Å². The second-order valence-corrected chi connectivity index (χ2v) is 7.20. The highest BCUT2D eigenvalue weighted by atomic mass is 16.5. The lowest BCUT2D eigenvalue weighted by molar-refractivity contribution is -0.00392. The Labute approximate surface area is 123 Å². The van der Waals surface area contributed by atoms with Crippen LogP contribution >= 0.6 is 0 Å². The summed E-state index contributed by atoms with van der Waals surface area (Å²) in [5, 5.41) is 3.79. The van der Waals surface area contributed by atoms with Crippen LogP contribution in [0, 0.1) is 5.41 Å². The number of likely N-dealkylation sites (N-methyl/N-ethyl adjacent to an activating group) is 1. The lowest BCUT2D eigenvalue weighted by atomic mass is 9.79. The van der Waals surface area contributed by atoms with Crippen LogP contribution in [-0.4, -0.2) is 75.4 Å². The second kappa shape index (κ2) is 6.73. The first kappa shape index (κ1) is 14.8. The molecule has 0 unspecified atom stereocenters. The molecule has 3 rings (SSSR count). The van der Waals surface area contributed by atoms with Gasteiger partial charge in [-0.3, -0.25) is 0 Å². The quantitative estimate of drug-likeness (QED) is 0.819. The maximum Gasteiger partial charge on any atom is 0.0472 e. The number of rotatable bonds is 5. The Kier molecular flexibility index (Phi) is 4.97. The molecule has 0 spiro atoms. The molecule has 0 aromatic heterocycles. The zero-order chi connectivity index (χ0) is 13.8. The van der Waals surface area contributed by atoms with Crippen LogP contribution in [0.1, 0.15) is 32.1 Å². The van der Waals surface area contributed by atoms with Crippen molar-refractivity contribution in [2.24, 2.45) is 5.41 Å². The van der Waals surface area contributed by atoms with Gasteiger partial charge in [-0.05, 0) is 57.7 Å². The van der Waals surface area contributed by atoms with Crippen molar-refractivity contribution in [2.45, 2.75) is 38.1 Å². The summed E-state index contributed by atoms with van der Waals surface area (Å²) in [7, 11) is 2.25. The Morgan fingerprint density at radius 2 is 1.90 bits per heavy atom. The first-order valence-electron chi connectivity index (χ1n) is 8.48. The second-order valence-electron chi connectivity index (χ2n) is 7.20. The zero-order valence-electron chi connectivity index (χ0n) is 13.1. The van der Waals surface area contributed by atoms with Crippen LogP contribution < -0.4 is 5.32 Å². The first-order chi connectivity index (χ1) is 9.76. The van der Waals surface area contributed by atoms with E-state index in [1.54, 1.807) is 0 Å². The molecule has 1 aliphatic carbocycles. The molecule has 0 radical (unpaired) electrons. The summed E-state index contributed by atoms with van der Waals surface area (Å²) < 4.78 is 5.62. The Morgan fingerprint density at radius 1 is 1.10 bits per heavy atom. The molecule has 2 saturated heterocycles. The van der Waals surface area contributed by atoms with Crippen molar-refractivity contribution in [3.8, 4) is 0 Å². The van der Waals surface area contributed by atoms with Gasteiger partial charge in [0.05, 0.1) is 0 Å². The van der Waals surface area contributed by atoms with Crippen LogP contribution in [-0.2, 0) is 4.74 Å². The normalized spacial score (nSPS) is 29.2. The molecule has 0 atom stereocenters. The summed E-state index contributed by atoms with van der Waals surface area (Å²) in [6.07, 6.45) is 6.57. The van der Waals surface area contributed by atoms with Crippen molar-refractivity contribution in [1.29, 1.82) is 0 Å². The SMILES string of the molecule is CN1CCCN(CC2(CNC3CC3)CCOCC2)CC1. The average molecular weight is 281 g/mol. The van der Waals surface area contributed by atoms with Gasteiger partial charge in [0.1, 0.15) is 0 Å². The van der Waals surface area contributed by atoms with Crippen molar-refractivity contribution in [2.75, 3.05) is 59.5 Å². The van der Waals surface area contributed by atoms with E-state index in [2.05, 4.69) is 22.2 Å². The third-order valence-corrected chi connectivity index (χ3v) is 5.27. The van der Waals surface area contributed by atoms with E-state index in [4.69, 9.17) is 4.74 Å². The Balaban J connectivity index is 1.56. The summed E-state index contributed by atoms with van der Waals surface area (Å²) >= 11 is 0. The van der Waals surface area contributed by atoms with Gasteiger partial charge < -0.3 is 19.9 Å². The van der Waals surface area contributed by atoms with Gasteiger partial charge in [0.15, 0.2) is 0 Å². The van der Waals surface area contributed by atoms with Crippen molar-refractivity contribution in [1.82, 2.24) is 15.1 Å². The highest BCUT2D eigenvalue weighted by Crippen LogP contribution is 2.32. The summed E-state index contributed by atoms with van der Waals surface area (Å²) in [5.41, 5.74) is 0.462. The number of nitrogens with zero attached hydrogens (tertiary/aromatic N) is 2. The lowest BCUT2D eigenvalue weighted by Crippen LogP contribution is -2.48. The first-order valence-corrected chi connectivity index (χ1v) is 8.48. The van der Waals surface area contributed by atoms with Crippen LogP contribution in [0.25, 0.3) is 0 Å². The monoisotopic (exact) mass is 281 g/mol. The molecule has 0 bridgehead atoms. The predicted octanol–water partition coefficient (Wildman–Crippen LogP) is 1.17. The molecular weight excluding hydrogens is 250 g/mol. The van der Waals surface area contributed by atoms with Crippen molar-refractivity contribution < 1.29 is 4.74 Å². The molecule has 2 heterocycles. The minimum Gasteiger partial charge on any atom is -0.381 e. The van der Waals surface area contributed by atoms with E-state index in [9.17, 15) is 0 Å². The third-order valence-electron chi connectivity index (χ3n) is 5.27. The van der Waals surface area contributed by atoms with Gasteiger partial charge >= 0.3 is 0 Å². The third kappa shape index (κ3) is 4.17. The molecule has 4 nitrogen and oxygen atoms in total. The minimum absolute atomic E-state index is 0.462. The highest BCUT2D eigenvalue weighted by Gasteiger charge is 2.36. The summed E-state index contributed by atoms with van der Waals surface area (Å²) in [6, 6.07) is 0.824. The van der Waals surface area contributed by atoms with E-state index >= 15 is 0 Å². The highest BCUT2D eigenvalue weighted by molar-refractivity contribution is 4.91. The lowest BCUT2D eigenvalue weighted by Gasteiger charge is -2.41. The van der Waals surface area contributed by atoms with Crippen molar-refractivity contribution in [3.63, 3.8) is 0 Å². The van der Waals surface area contributed by atoms with Crippen molar-refractivity contribution in [3.05, 3.63) is 0 Å². The van der Waals surface area contributed by atoms with Crippen LogP contribution in [0.3, 0.4) is 0 Å². The topological polar surface area (TPSA) is 27.7 Å². The zero-order valence-corrected chi connectivity index (χ0v) is 13.1. The Bertz CT molecular complexity index is 300. The molecule has 3 aliphatic rings. The van der Waals surface area contributed by atoms with Gasteiger partial charge in [0.2, 0.25) is 0 Å². The van der Waals surface area contributed by atoms with Gasteiger partial charge in [0.25, 0.3) is 0 Å².